The van der Waals surface area contributed by atoms with Crippen LogP contribution in [0.4, 0.5) is 0 Å². The molecule has 134 valence electrons. The van der Waals surface area contributed by atoms with E-state index in [0.29, 0.717) is 0 Å². The molecular weight excluding hydrogens is 276 g/mol. The summed E-state index contributed by atoms with van der Waals surface area (Å²) in [5.74, 6) is 2.14. The van der Waals surface area contributed by atoms with Gasteiger partial charge in [-0.15, -0.1) is 13.2 Å². The Morgan fingerprint density at radius 2 is 1.35 bits per heavy atom. The third kappa shape index (κ3) is 9.84. The number of hydrogen-bond acceptors (Lipinski definition) is 0. The predicted octanol–water partition coefficient (Wildman–Crippen LogP) is 8.26. The zero-order chi connectivity index (χ0) is 17.5. The van der Waals surface area contributed by atoms with Gasteiger partial charge in [0.25, 0.3) is 0 Å². The summed E-state index contributed by atoms with van der Waals surface area (Å²) in [6.45, 7) is 14.5. The van der Waals surface area contributed by atoms with E-state index in [2.05, 4.69) is 39.2 Å². The highest BCUT2D eigenvalue weighted by molar-refractivity contribution is 5.04. The highest BCUT2D eigenvalue weighted by atomic mass is 14.3. The van der Waals surface area contributed by atoms with E-state index in [1.165, 1.54) is 70.6 Å². The van der Waals surface area contributed by atoms with Crippen LogP contribution >= 0.6 is 0 Å². The Balaban J connectivity index is 0.000000377. The molecule has 1 unspecified atom stereocenters. The molecule has 0 radical (unpaired) electrons. The lowest BCUT2D eigenvalue weighted by Crippen LogP contribution is -2.14. The van der Waals surface area contributed by atoms with Gasteiger partial charge >= 0.3 is 0 Å². The Kier molecular flexibility index (Phi) is 14.3. The van der Waals surface area contributed by atoms with Gasteiger partial charge in [0.1, 0.15) is 0 Å². The van der Waals surface area contributed by atoms with Gasteiger partial charge in [-0.2, -0.15) is 0 Å². The number of allylic oxidation sites excluding steroid dienone is 4. The van der Waals surface area contributed by atoms with Crippen molar-refractivity contribution in [3.63, 3.8) is 0 Å². The van der Waals surface area contributed by atoms with Crippen molar-refractivity contribution in [2.75, 3.05) is 0 Å². The summed E-state index contributed by atoms with van der Waals surface area (Å²) in [6, 6.07) is 0. The second-order valence-electron chi connectivity index (χ2n) is 6.93. The van der Waals surface area contributed by atoms with E-state index in [0.717, 1.165) is 11.8 Å². The van der Waals surface area contributed by atoms with Crippen molar-refractivity contribution >= 4 is 0 Å². The van der Waals surface area contributed by atoms with Crippen molar-refractivity contribution in [3.8, 4) is 0 Å². The van der Waals surface area contributed by atoms with Crippen LogP contribution in [0.1, 0.15) is 98.3 Å². The van der Waals surface area contributed by atoms with E-state index in [-0.39, 0.29) is 0 Å². The molecular formula is C23H42. The monoisotopic (exact) mass is 318 g/mol. The summed E-state index contributed by atoms with van der Waals surface area (Å²) in [5.41, 5.74) is 3.24. The summed E-state index contributed by atoms with van der Waals surface area (Å²) in [4.78, 5) is 0. The molecule has 3 aliphatic carbocycles. The molecule has 1 saturated carbocycles. The maximum Gasteiger partial charge on any atom is -0.0292 e. The minimum atomic E-state index is 1.05. The van der Waals surface area contributed by atoms with Crippen LogP contribution in [0.5, 0.6) is 0 Å². The standard InChI is InChI=1S/C12H20.C7H12.C2H6.C2H4/c1-10-5-4-8-12(9-10)11-6-2-3-7-11;1-7-5-3-2-4-6-7;2*1-2/h5,11-12H,2-4,6-9H2,1H3;5H,2-4,6H2,1H3;1-2H3;1-2H2. The van der Waals surface area contributed by atoms with E-state index in [1.807, 2.05) is 13.8 Å². The van der Waals surface area contributed by atoms with Crippen LogP contribution in [0.2, 0.25) is 0 Å². The maximum atomic E-state index is 3.00. The van der Waals surface area contributed by atoms with Gasteiger partial charge in [0, 0.05) is 0 Å². The molecule has 0 heterocycles. The lowest BCUT2D eigenvalue weighted by molar-refractivity contribution is 0.308. The SMILES string of the molecule is C=C.CC.CC1=CCCC(C2CCCC2)C1.CC1=CCCCC1. The molecule has 23 heavy (non-hydrogen) atoms. The predicted molar refractivity (Wildman–Crippen MR) is 108 cm³/mol. The molecule has 0 bridgehead atoms. The molecule has 3 rings (SSSR count). The van der Waals surface area contributed by atoms with Crippen molar-refractivity contribution in [3.05, 3.63) is 36.5 Å². The van der Waals surface area contributed by atoms with Gasteiger partial charge < -0.3 is 0 Å². The molecule has 0 aromatic carbocycles. The second kappa shape index (κ2) is 14.8. The van der Waals surface area contributed by atoms with Crippen LogP contribution in [0.25, 0.3) is 0 Å². The molecule has 0 amide bonds. The van der Waals surface area contributed by atoms with E-state index in [1.54, 1.807) is 11.1 Å². The van der Waals surface area contributed by atoms with Crippen molar-refractivity contribution in [2.24, 2.45) is 11.8 Å². The number of hydrogen-bond donors (Lipinski definition) is 0. The van der Waals surface area contributed by atoms with Gasteiger partial charge in [-0.1, -0.05) is 62.8 Å². The Bertz CT molecular complexity index is 328. The van der Waals surface area contributed by atoms with Gasteiger partial charge in [-0.3, -0.25) is 0 Å². The average Bonchev–Trinajstić information content (AvgIpc) is 3.14. The Morgan fingerprint density at radius 1 is 0.739 bits per heavy atom. The quantitative estimate of drug-likeness (QED) is 0.427. The minimum Gasteiger partial charge on any atom is -0.106 e. The third-order valence-electron chi connectivity index (χ3n) is 5.20. The fraction of sp³-hybridized carbons (Fsp3) is 0.739. The van der Waals surface area contributed by atoms with E-state index in [9.17, 15) is 0 Å². The first-order valence-corrected chi connectivity index (χ1v) is 10.1. The fourth-order valence-corrected chi connectivity index (χ4v) is 3.97. The molecule has 0 nitrogen and oxygen atoms in total. The molecule has 1 fully saturated rings. The van der Waals surface area contributed by atoms with Crippen LogP contribution in [0, 0.1) is 11.8 Å². The second-order valence-corrected chi connectivity index (χ2v) is 6.93. The average molecular weight is 319 g/mol. The van der Waals surface area contributed by atoms with Gasteiger partial charge in [-0.05, 0) is 70.6 Å². The third-order valence-corrected chi connectivity index (χ3v) is 5.20. The summed E-state index contributed by atoms with van der Waals surface area (Å²) in [6.07, 6.45) is 20.6. The fourth-order valence-electron chi connectivity index (χ4n) is 3.97. The molecule has 0 aliphatic heterocycles. The first kappa shape index (κ1) is 22.2. The highest BCUT2D eigenvalue weighted by Crippen LogP contribution is 2.38. The lowest BCUT2D eigenvalue weighted by atomic mass is 9.79. The van der Waals surface area contributed by atoms with Crippen LogP contribution in [0.3, 0.4) is 0 Å². The Labute approximate surface area is 147 Å². The Morgan fingerprint density at radius 3 is 1.78 bits per heavy atom. The summed E-state index contributed by atoms with van der Waals surface area (Å²) in [5, 5.41) is 0. The van der Waals surface area contributed by atoms with Crippen molar-refractivity contribution < 1.29 is 0 Å². The van der Waals surface area contributed by atoms with Gasteiger partial charge in [0.15, 0.2) is 0 Å². The summed E-state index contributed by atoms with van der Waals surface area (Å²) in [7, 11) is 0. The van der Waals surface area contributed by atoms with Gasteiger partial charge in [0.05, 0.1) is 0 Å². The zero-order valence-electron chi connectivity index (χ0n) is 16.5. The van der Waals surface area contributed by atoms with Crippen LogP contribution in [-0.4, -0.2) is 0 Å². The van der Waals surface area contributed by atoms with Crippen LogP contribution < -0.4 is 0 Å². The molecule has 0 heteroatoms. The topological polar surface area (TPSA) is 0 Å². The zero-order valence-corrected chi connectivity index (χ0v) is 16.5. The van der Waals surface area contributed by atoms with Gasteiger partial charge in [0.2, 0.25) is 0 Å². The first-order valence-electron chi connectivity index (χ1n) is 10.1. The van der Waals surface area contributed by atoms with Crippen molar-refractivity contribution in [2.45, 2.75) is 98.3 Å². The van der Waals surface area contributed by atoms with Crippen molar-refractivity contribution in [1.29, 1.82) is 0 Å². The van der Waals surface area contributed by atoms with E-state index in [4.69, 9.17) is 0 Å². The summed E-state index contributed by atoms with van der Waals surface area (Å²) < 4.78 is 0. The number of rotatable bonds is 1. The van der Waals surface area contributed by atoms with Gasteiger partial charge in [-0.25, -0.2) is 0 Å². The Hall–Kier alpha value is -0.780. The minimum absolute atomic E-state index is 1.05. The maximum absolute atomic E-state index is 3.00. The van der Waals surface area contributed by atoms with E-state index >= 15 is 0 Å². The molecule has 0 aromatic rings. The molecule has 0 spiro atoms. The normalized spacial score (nSPS) is 23.7. The molecule has 0 aromatic heterocycles. The lowest BCUT2D eigenvalue weighted by Gasteiger charge is -2.26. The largest absolute Gasteiger partial charge is 0.106 e. The highest BCUT2D eigenvalue weighted by Gasteiger charge is 2.25. The van der Waals surface area contributed by atoms with E-state index < -0.39 is 0 Å². The molecule has 0 N–H and O–H groups in total. The molecule has 3 aliphatic rings. The van der Waals surface area contributed by atoms with Crippen molar-refractivity contribution in [1.82, 2.24) is 0 Å². The molecule has 1 atom stereocenters. The smallest absolute Gasteiger partial charge is 0.0292 e. The van der Waals surface area contributed by atoms with Crippen LogP contribution in [-0.2, 0) is 0 Å². The molecule has 0 saturated heterocycles. The summed E-state index contributed by atoms with van der Waals surface area (Å²) >= 11 is 0. The van der Waals surface area contributed by atoms with Crippen LogP contribution in [0.15, 0.2) is 36.5 Å². The first-order chi connectivity index (χ1) is 11.3.